The number of anilines is 2. The van der Waals surface area contributed by atoms with Gasteiger partial charge in [-0.3, -0.25) is 4.90 Å². The molecule has 1 atom stereocenters. The lowest BCUT2D eigenvalue weighted by Gasteiger charge is -2.34. The molecule has 1 fully saturated rings. The second-order valence-corrected chi connectivity index (χ2v) is 8.25. The van der Waals surface area contributed by atoms with Crippen LogP contribution in [0.25, 0.3) is 0 Å². The molecular formula is C22H38Cl2N6. The molecule has 2 heterocycles. The molecule has 0 aromatic heterocycles. The van der Waals surface area contributed by atoms with Crippen molar-refractivity contribution in [1.82, 2.24) is 9.91 Å². The zero-order valence-electron chi connectivity index (χ0n) is 19.1. The lowest BCUT2D eigenvalue weighted by atomic mass is 10.1. The van der Waals surface area contributed by atoms with Gasteiger partial charge >= 0.3 is 5.84 Å². The van der Waals surface area contributed by atoms with E-state index >= 15 is 0 Å². The minimum Gasteiger partial charge on any atom is -1.00 e. The van der Waals surface area contributed by atoms with Gasteiger partial charge in [-0.05, 0) is 44.0 Å². The van der Waals surface area contributed by atoms with Crippen LogP contribution in [0, 0.1) is 6.92 Å². The second-order valence-electron chi connectivity index (χ2n) is 8.25. The summed E-state index contributed by atoms with van der Waals surface area (Å²) in [6, 6.07) is 6.43. The molecule has 8 heteroatoms. The fourth-order valence-electron chi connectivity index (χ4n) is 4.43. The van der Waals surface area contributed by atoms with E-state index in [1.54, 1.807) is 0 Å². The molecule has 0 spiro atoms. The highest BCUT2D eigenvalue weighted by Gasteiger charge is 2.43. The summed E-state index contributed by atoms with van der Waals surface area (Å²) >= 11 is 0. The predicted molar refractivity (Wildman–Crippen MR) is 118 cm³/mol. The van der Waals surface area contributed by atoms with Gasteiger partial charge in [-0.25, -0.2) is 0 Å². The van der Waals surface area contributed by atoms with E-state index < -0.39 is 0 Å². The Balaban J connectivity index is 0.00000225. The number of nitrogens with zero attached hydrogens (tertiary/aromatic N) is 5. The van der Waals surface area contributed by atoms with E-state index in [4.69, 9.17) is 5.73 Å². The van der Waals surface area contributed by atoms with E-state index in [0.717, 1.165) is 56.1 Å². The van der Waals surface area contributed by atoms with Gasteiger partial charge in [0.15, 0.2) is 12.7 Å². The molecule has 2 aliphatic rings. The summed E-state index contributed by atoms with van der Waals surface area (Å²) in [4.78, 5) is 5.14. The number of hydrogen-bond acceptors (Lipinski definition) is 4. The Morgan fingerprint density at radius 1 is 1.10 bits per heavy atom. The highest BCUT2D eigenvalue weighted by atomic mass is 35.5. The normalized spacial score (nSPS) is 22.1. The Bertz CT molecular complexity index is 764. The number of quaternary nitrogens is 1. The van der Waals surface area contributed by atoms with Gasteiger partial charge in [-0.1, -0.05) is 0 Å². The molecule has 2 N–H and O–H groups in total. The van der Waals surface area contributed by atoms with Crippen LogP contribution in [0.5, 0.6) is 0 Å². The van der Waals surface area contributed by atoms with Crippen LogP contribution in [0.2, 0.25) is 0 Å². The number of aryl methyl sites for hydroxylation is 1. The topological polar surface area (TPSA) is 38.8 Å². The SMILES string of the molecule is CC[N+]1=C(C)[N+](CCN2CCCN(c3ccc(N)c(C)c3)CC2)(N(C)C)C=C1.[Cl-].[Cl-]. The van der Waals surface area contributed by atoms with E-state index in [-0.39, 0.29) is 24.8 Å². The minimum atomic E-state index is 0. The third kappa shape index (κ3) is 5.48. The summed E-state index contributed by atoms with van der Waals surface area (Å²) in [5.74, 6) is 1.39. The van der Waals surface area contributed by atoms with Gasteiger partial charge in [0.1, 0.15) is 6.54 Å². The number of nitrogens with two attached hydrogens (primary N) is 1. The minimum absolute atomic E-state index is 0. The zero-order valence-corrected chi connectivity index (χ0v) is 20.6. The van der Waals surface area contributed by atoms with Crippen molar-refractivity contribution in [2.45, 2.75) is 27.2 Å². The standard InChI is InChI=1S/C22H38N6.2ClH/c1-6-26-15-17-28(20(26)3,24(4)5)16-14-25-10-7-11-27(13-12-25)21-8-9-22(23)19(2)18-21;;/h8-9,15,17-18H,6-7,10-14,16,23H2,1-5H3;2*1H/q+2;;/p-2. The number of hydrogen-bond donors (Lipinski definition) is 1. The number of nitrogen functional groups attached to an aromatic ring is 1. The Kier molecular flexibility index (Phi) is 10.1. The second kappa shape index (κ2) is 11.3. The van der Waals surface area contributed by atoms with Gasteiger partial charge in [-0.15, -0.1) is 14.2 Å². The van der Waals surface area contributed by atoms with Gasteiger partial charge in [0.05, 0.1) is 13.5 Å². The summed E-state index contributed by atoms with van der Waals surface area (Å²) in [5.41, 5.74) is 9.35. The van der Waals surface area contributed by atoms with Crippen LogP contribution in [-0.2, 0) is 0 Å². The lowest BCUT2D eigenvalue weighted by molar-refractivity contribution is -0.913. The molecule has 1 unspecified atom stereocenters. The fraction of sp³-hybridized carbons (Fsp3) is 0.591. The van der Waals surface area contributed by atoms with Crippen LogP contribution in [0.4, 0.5) is 11.4 Å². The van der Waals surface area contributed by atoms with E-state index in [2.05, 4.69) is 78.8 Å². The number of amidine groups is 1. The maximum absolute atomic E-state index is 5.99. The Morgan fingerprint density at radius 2 is 1.83 bits per heavy atom. The monoisotopic (exact) mass is 456 g/mol. The summed E-state index contributed by atoms with van der Waals surface area (Å²) in [6.07, 6.45) is 5.77. The van der Waals surface area contributed by atoms with Crippen molar-refractivity contribution in [1.29, 1.82) is 0 Å². The van der Waals surface area contributed by atoms with Gasteiger partial charge in [0, 0.05) is 51.6 Å². The third-order valence-corrected chi connectivity index (χ3v) is 6.49. The lowest BCUT2D eigenvalue weighted by Crippen LogP contribution is -3.00. The van der Waals surface area contributed by atoms with Crippen LogP contribution in [0.3, 0.4) is 0 Å². The molecule has 1 aromatic carbocycles. The molecule has 30 heavy (non-hydrogen) atoms. The van der Waals surface area contributed by atoms with E-state index in [0.29, 0.717) is 0 Å². The average molecular weight is 457 g/mol. The Labute approximate surface area is 195 Å². The van der Waals surface area contributed by atoms with E-state index in [1.807, 2.05) is 6.07 Å². The smallest absolute Gasteiger partial charge is 0.364 e. The first-order chi connectivity index (χ1) is 13.4. The first kappa shape index (κ1) is 26.7. The van der Waals surface area contributed by atoms with Crippen molar-refractivity contribution >= 4 is 17.2 Å². The number of rotatable bonds is 6. The van der Waals surface area contributed by atoms with Crippen molar-refractivity contribution < 1.29 is 34.0 Å². The summed E-state index contributed by atoms with van der Waals surface area (Å²) in [7, 11) is 4.36. The van der Waals surface area contributed by atoms with E-state index in [1.165, 1.54) is 23.5 Å². The molecule has 1 saturated heterocycles. The maximum Gasteiger partial charge on any atom is 0.364 e. The Hall–Kier alpha value is -1.31. The molecular weight excluding hydrogens is 419 g/mol. The van der Waals surface area contributed by atoms with Crippen molar-refractivity contribution in [3.05, 3.63) is 36.2 Å². The molecule has 2 aliphatic heterocycles. The molecule has 6 nitrogen and oxygen atoms in total. The highest BCUT2D eigenvalue weighted by Crippen LogP contribution is 2.23. The highest BCUT2D eigenvalue weighted by molar-refractivity contribution is 5.69. The average Bonchev–Trinajstić information content (AvgIpc) is 2.84. The largest absolute Gasteiger partial charge is 1.00 e. The molecule has 1 aromatic rings. The van der Waals surface area contributed by atoms with Gasteiger partial charge in [-0.2, -0.15) is 0 Å². The fourth-order valence-corrected chi connectivity index (χ4v) is 4.43. The van der Waals surface area contributed by atoms with Crippen LogP contribution < -0.4 is 35.4 Å². The summed E-state index contributed by atoms with van der Waals surface area (Å²) < 4.78 is 3.18. The molecule has 0 saturated carbocycles. The molecule has 3 rings (SSSR count). The Morgan fingerprint density at radius 3 is 2.43 bits per heavy atom. The first-order valence-corrected chi connectivity index (χ1v) is 10.6. The summed E-state index contributed by atoms with van der Waals surface area (Å²) in [6.45, 7) is 14.2. The van der Waals surface area contributed by atoms with Crippen molar-refractivity contribution in [3.63, 3.8) is 0 Å². The zero-order chi connectivity index (χ0) is 20.3. The molecule has 0 aliphatic carbocycles. The van der Waals surface area contributed by atoms with Gasteiger partial charge in [0.25, 0.3) is 0 Å². The number of benzene rings is 1. The van der Waals surface area contributed by atoms with Gasteiger partial charge < -0.3 is 35.4 Å². The molecule has 0 radical (unpaired) electrons. The van der Waals surface area contributed by atoms with E-state index in [9.17, 15) is 0 Å². The quantitative estimate of drug-likeness (QED) is 0.272. The van der Waals surface area contributed by atoms with Crippen LogP contribution >= 0.6 is 0 Å². The molecule has 170 valence electrons. The van der Waals surface area contributed by atoms with Crippen molar-refractivity contribution in [2.75, 3.05) is 70.5 Å². The molecule has 0 amide bonds. The van der Waals surface area contributed by atoms with Gasteiger partial charge in [0.2, 0.25) is 6.20 Å². The third-order valence-electron chi connectivity index (χ3n) is 6.49. The van der Waals surface area contributed by atoms with Crippen LogP contribution in [0.15, 0.2) is 30.6 Å². The van der Waals surface area contributed by atoms with Crippen molar-refractivity contribution in [3.8, 4) is 0 Å². The van der Waals surface area contributed by atoms with Crippen molar-refractivity contribution in [2.24, 2.45) is 0 Å². The first-order valence-electron chi connectivity index (χ1n) is 10.6. The van der Waals surface area contributed by atoms with Crippen LogP contribution in [-0.4, -0.2) is 84.8 Å². The maximum atomic E-state index is 5.99. The summed E-state index contributed by atoms with van der Waals surface area (Å²) in [5, 5.41) is 2.32. The molecule has 0 bridgehead atoms. The van der Waals surface area contributed by atoms with Crippen LogP contribution in [0.1, 0.15) is 25.8 Å². The predicted octanol–water partition coefficient (Wildman–Crippen LogP) is -3.67. The number of halogens is 2.